The molecule has 1 aliphatic heterocycles. The maximum absolute atomic E-state index is 4.86. The first-order valence-corrected chi connectivity index (χ1v) is 7.50. The van der Waals surface area contributed by atoms with Crippen LogP contribution in [-0.4, -0.2) is 5.84 Å². The zero-order chi connectivity index (χ0) is 14.2. The van der Waals surface area contributed by atoms with Crippen molar-refractivity contribution in [3.05, 3.63) is 76.9 Å². The van der Waals surface area contributed by atoms with Crippen molar-refractivity contribution in [3.63, 3.8) is 0 Å². The summed E-state index contributed by atoms with van der Waals surface area (Å²) in [6, 6.07) is 19.5. The van der Waals surface area contributed by atoms with E-state index in [9.17, 15) is 0 Å². The van der Waals surface area contributed by atoms with E-state index in [1.807, 2.05) is 0 Å². The zero-order valence-electron chi connectivity index (χ0n) is 12.1. The summed E-state index contributed by atoms with van der Waals surface area (Å²) >= 11 is 0. The lowest BCUT2D eigenvalue weighted by molar-refractivity contribution is 0.735. The smallest absolute Gasteiger partial charge is 0.100 e. The summed E-state index contributed by atoms with van der Waals surface area (Å²) in [7, 11) is 0. The van der Waals surface area contributed by atoms with Gasteiger partial charge in [0.15, 0.2) is 0 Å². The molecule has 4 rings (SSSR count). The van der Waals surface area contributed by atoms with Gasteiger partial charge in [-0.1, -0.05) is 54.6 Å². The van der Waals surface area contributed by atoms with E-state index < -0.39 is 0 Å². The van der Waals surface area contributed by atoms with Gasteiger partial charge in [-0.3, -0.25) is 4.99 Å². The van der Waals surface area contributed by atoms with Crippen molar-refractivity contribution < 1.29 is 0 Å². The number of aliphatic imine (C=N–C) groups is 1. The Balaban J connectivity index is 1.86. The Labute approximate surface area is 125 Å². The number of amidine groups is 1. The standard InChI is InChI=1S/C19H18N2/c1-13-20-18(15-8-3-2-4-9-15)17-12-11-14-7-5-6-10-16(14)19(17)21-13/h2-10,18H,11-12H2,1H3,(H,20,21). The number of benzene rings is 2. The highest BCUT2D eigenvalue weighted by Crippen LogP contribution is 2.40. The minimum Gasteiger partial charge on any atom is -0.344 e. The van der Waals surface area contributed by atoms with E-state index in [2.05, 4.69) is 66.8 Å². The maximum atomic E-state index is 4.86. The summed E-state index contributed by atoms with van der Waals surface area (Å²) < 4.78 is 0. The van der Waals surface area contributed by atoms with E-state index in [0.29, 0.717) is 0 Å². The van der Waals surface area contributed by atoms with Gasteiger partial charge in [-0.05, 0) is 36.5 Å². The van der Waals surface area contributed by atoms with E-state index in [0.717, 1.165) is 18.7 Å². The summed E-state index contributed by atoms with van der Waals surface area (Å²) in [6.07, 6.45) is 2.18. The Morgan fingerprint density at radius 1 is 0.952 bits per heavy atom. The van der Waals surface area contributed by atoms with Crippen LogP contribution in [0.1, 0.15) is 36.1 Å². The number of rotatable bonds is 1. The van der Waals surface area contributed by atoms with Crippen LogP contribution in [0.3, 0.4) is 0 Å². The van der Waals surface area contributed by atoms with Gasteiger partial charge in [-0.15, -0.1) is 0 Å². The minimum atomic E-state index is 0.163. The molecular formula is C19H18N2. The van der Waals surface area contributed by atoms with E-state index in [1.54, 1.807) is 0 Å². The molecule has 0 radical (unpaired) electrons. The van der Waals surface area contributed by atoms with E-state index in [1.165, 1.54) is 28.0 Å². The lowest BCUT2D eigenvalue weighted by atomic mass is 9.83. The molecule has 104 valence electrons. The van der Waals surface area contributed by atoms with E-state index in [-0.39, 0.29) is 6.04 Å². The zero-order valence-corrected chi connectivity index (χ0v) is 12.1. The third kappa shape index (κ3) is 2.07. The first-order chi connectivity index (χ1) is 10.3. The van der Waals surface area contributed by atoms with Gasteiger partial charge in [0.2, 0.25) is 0 Å². The fourth-order valence-electron chi connectivity index (χ4n) is 3.37. The lowest BCUT2D eigenvalue weighted by Gasteiger charge is -2.32. The van der Waals surface area contributed by atoms with Gasteiger partial charge in [-0.25, -0.2) is 0 Å². The predicted molar refractivity (Wildman–Crippen MR) is 87.1 cm³/mol. The lowest BCUT2D eigenvalue weighted by Crippen LogP contribution is -2.29. The Hall–Kier alpha value is -2.35. The molecule has 2 aromatic carbocycles. The van der Waals surface area contributed by atoms with Crippen LogP contribution >= 0.6 is 0 Å². The van der Waals surface area contributed by atoms with Gasteiger partial charge in [0, 0.05) is 11.3 Å². The monoisotopic (exact) mass is 274 g/mol. The summed E-state index contributed by atoms with van der Waals surface area (Å²) in [4.78, 5) is 4.86. The molecule has 2 nitrogen and oxygen atoms in total. The molecule has 1 atom stereocenters. The summed E-state index contributed by atoms with van der Waals surface area (Å²) in [5.74, 6) is 0.999. The fourth-order valence-corrected chi connectivity index (χ4v) is 3.37. The highest BCUT2D eigenvalue weighted by atomic mass is 15.0. The SMILES string of the molecule is CC1=NC(c2ccccc2)C2=C(N1)c1ccccc1CC2. The van der Waals surface area contributed by atoms with Crippen LogP contribution in [0.4, 0.5) is 0 Å². The van der Waals surface area contributed by atoms with Crippen LogP contribution in [-0.2, 0) is 6.42 Å². The third-order valence-electron chi connectivity index (χ3n) is 4.35. The number of hydrogen-bond acceptors (Lipinski definition) is 2. The molecule has 1 aliphatic carbocycles. The van der Waals surface area contributed by atoms with Crippen LogP contribution in [0.5, 0.6) is 0 Å². The summed E-state index contributed by atoms with van der Waals surface area (Å²) in [5.41, 5.74) is 6.76. The molecule has 1 unspecified atom stereocenters. The molecule has 2 heteroatoms. The van der Waals surface area contributed by atoms with Crippen molar-refractivity contribution in [3.8, 4) is 0 Å². The molecule has 2 aliphatic rings. The molecule has 0 fully saturated rings. The highest BCUT2D eigenvalue weighted by Gasteiger charge is 2.28. The Morgan fingerprint density at radius 2 is 1.71 bits per heavy atom. The van der Waals surface area contributed by atoms with Gasteiger partial charge >= 0.3 is 0 Å². The van der Waals surface area contributed by atoms with E-state index in [4.69, 9.17) is 4.99 Å². The second-order valence-corrected chi connectivity index (χ2v) is 5.71. The number of fused-ring (bicyclic) bond motifs is 2. The highest BCUT2D eigenvalue weighted by molar-refractivity contribution is 5.93. The van der Waals surface area contributed by atoms with Gasteiger partial charge in [0.05, 0.1) is 5.84 Å². The van der Waals surface area contributed by atoms with Crippen molar-refractivity contribution in [2.24, 2.45) is 4.99 Å². The van der Waals surface area contributed by atoms with Crippen LogP contribution in [0.2, 0.25) is 0 Å². The summed E-state index contributed by atoms with van der Waals surface area (Å²) in [5, 5.41) is 3.50. The maximum Gasteiger partial charge on any atom is 0.100 e. The Morgan fingerprint density at radius 3 is 2.57 bits per heavy atom. The average molecular weight is 274 g/mol. The number of aryl methyl sites for hydroxylation is 1. The average Bonchev–Trinajstić information content (AvgIpc) is 2.55. The topological polar surface area (TPSA) is 24.4 Å². The molecule has 0 aromatic heterocycles. The van der Waals surface area contributed by atoms with Gasteiger partial charge < -0.3 is 5.32 Å². The summed E-state index contributed by atoms with van der Waals surface area (Å²) in [6.45, 7) is 2.05. The van der Waals surface area contributed by atoms with E-state index >= 15 is 0 Å². The van der Waals surface area contributed by atoms with Crippen molar-refractivity contribution in [1.29, 1.82) is 0 Å². The second-order valence-electron chi connectivity index (χ2n) is 5.71. The third-order valence-corrected chi connectivity index (χ3v) is 4.35. The molecule has 0 saturated heterocycles. The molecule has 0 spiro atoms. The largest absolute Gasteiger partial charge is 0.344 e. The van der Waals surface area contributed by atoms with Crippen LogP contribution in [0.15, 0.2) is 65.2 Å². The van der Waals surface area contributed by atoms with Gasteiger partial charge in [0.25, 0.3) is 0 Å². The van der Waals surface area contributed by atoms with Crippen molar-refractivity contribution in [1.82, 2.24) is 5.32 Å². The molecule has 1 heterocycles. The van der Waals surface area contributed by atoms with Crippen LogP contribution < -0.4 is 5.32 Å². The first-order valence-electron chi connectivity index (χ1n) is 7.50. The first kappa shape index (κ1) is 12.4. The van der Waals surface area contributed by atoms with Crippen molar-refractivity contribution in [2.45, 2.75) is 25.8 Å². The van der Waals surface area contributed by atoms with Crippen molar-refractivity contribution >= 4 is 11.5 Å². The second kappa shape index (κ2) is 4.88. The molecular weight excluding hydrogens is 256 g/mol. The predicted octanol–water partition coefficient (Wildman–Crippen LogP) is 4.11. The Kier molecular flexibility index (Phi) is 2.88. The molecule has 0 amide bonds. The fraction of sp³-hybridized carbons (Fsp3) is 0.211. The molecule has 2 aromatic rings. The van der Waals surface area contributed by atoms with Crippen molar-refractivity contribution in [2.75, 3.05) is 0 Å². The molecule has 21 heavy (non-hydrogen) atoms. The molecule has 0 bridgehead atoms. The van der Waals surface area contributed by atoms with Crippen LogP contribution in [0.25, 0.3) is 5.70 Å². The van der Waals surface area contributed by atoms with Crippen LogP contribution in [0, 0.1) is 0 Å². The molecule has 1 N–H and O–H groups in total. The number of nitrogens with one attached hydrogen (secondary N) is 1. The number of nitrogens with zero attached hydrogens (tertiary/aromatic N) is 1. The Bertz CT molecular complexity index is 741. The minimum absolute atomic E-state index is 0.163. The quantitative estimate of drug-likeness (QED) is 0.831. The normalized spacial score (nSPS) is 20.2. The van der Waals surface area contributed by atoms with Gasteiger partial charge in [-0.2, -0.15) is 0 Å². The molecule has 0 saturated carbocycles. The van der Waals surface area contributed by atoms with Gasteiger partial charge in [0.1, 0.15) is 6.04 Å². The number of hydrogen-bond donors (Lipinski definition) is 1.